The maximum Gasteiger partial charge on any atom is 0.269 e. The van der Waals surface area contributed by atoms with Gasteiger partial charge in [0.15, 0.2) is 0 Å². The van der Waals surface area contributed by atoms with Crippen LogP contribution in [-0.4, -0.2) is 19.1 Å². The zero-order chi connectivity index (χ0) is 13.1. The summed E-state index contributed by atoms with van der Waals surface area (Å²) in [6, 6.07) is 4.02. The van der Waals surface area contributed by atoms with Gasteiger partial charge in [-0.25, -0.2) is 8.42 Å². The molecule has 17 heavy (non-hydrogen) atoms. The number of hydrogen-bond donors (Lipinski definition) is 1. The van der Waals surface area contributed by atoms with Gasteiger partial charge in [-0.05, 0) is 25.0 Å². The maximum absolute atomic E-state index is 11.5. The molecule has 0 saturated carbocycles. The van der Waals surface area contributed by atoms with Gasteiger partial charge in [0.2, 0.25) is 10.0 Å². The van der Waals surface area contributed by atoms with Crippen molar-refractivity contribution in [3.8, 4) is 0 Å². The molecule has 1 aromatic rings. The molecule has 0 atom stereocenters. The molecule has 1 aromatic carbocycles. The number of nitrogens with zero attached hydrogens (tertiary/aromatic N) is 1. The van der Waals surface area contributed by atoms with E-state index in [4.69, 9.17) is 0 Å². The van der Waals surface area contributed by atoms with E-state index in [1.807, 2.05) is 0 Å². The molecule has 0 radical (unpaired) electrons. The quantitative estimate of drug-likeness (QED) is 0.646. The first-order valence-corrected chi connectivity index (χ1v) is 6.76. The molecule has 0 amide bonds. The second kappa shape index (κ2) is 5.13. The molecule has 94 valence electrons. The van der Waals surface area contributed by atoms with Gasteiger partial charge >= 0.3 is 0 Å². The molecule has 6 nitrogen and oxygen atoms in total. The lowest BCUT2D eigenvalue weighted by Crippen LogP contribution is -2.16. The zero-order valence-corrected chi connectivity index (χ0v) is 10.5. The van der Waals surface area contributed by atoms with Crippen LogP contribution >= 0.6 is 0 Å². The number of hydrogen-bond acceptors (Lipinski definition) is 4. The lowest BCUT2D eigenvalue weighted by Gasteiger charge is -2.09. The van der Waals surface area contributed by atoms with Crippen molar-refractivity contribution in [1.29, 1.82) is 0 Å². The van der Waals surface area contributed by atoms with Gasteiger partial charge in [0.1, 0.15) is 0 Å². The molecule has 1 rings (SSSR count). The number of anilines is 1. The summed E-state index contributed by atoms with van der Waals surface area (Å²) in [4.78, 5) is 10.0. The summed E-state index contributed by atoms with van der Waals surface area (Å²) in [6.45, 7) is 3.39. The highest BCUT2D eigenvalue weighted by Gasteiger charge is 2.13. The average molecular weight is 258 g/mol. The topological polar surface area (TPSA) is 89.3 Å². The number of benzene rings is 1. The number of nitro benzene ring substituents is 1. The van der Waals surface area contributed by atoms with E-state index < -0.39 is 14.9 Å². The minimum Gasteiger partial charge on any atom is -0.283 e. The summed E-state index contributed by atoms with van der Waals surface area (Å²) in [6.07, 6.45) is 0.515. The van der Waals surface area contributed by atoms with Crippen LogP contribution in [0.25, 0.3) is 0 Å². The van der Waals surface area contributed by atoms with Gasteiger partial charge in [0.25, 0.3) is 5.69 Å². The summed E-state index contributed by atoms with van der Waals surface area (Å²) in [5.41, 5.74) is 0.851. The summed E-state index contributed by atoms with van der Waals surface area (Å²) >= 11 is 0. The Labute approximate surface area is 99.9 Å². The molecule has 0 heterocycles. The smallest absolute Gasteiger partial charge is 0.269 e. The lowest BCUT2D eigenvalue weighted by molar-refractivity contribution is -0.384. The van der Waals surface area contributed by atoms with Gasteiger partial charge in [0.05, 0.1) is 16.4 Å². The van der Waals surface area contributed by atoms with Crippen molar-refractivity contribution in [2.75, 3.05) is 10.5 Å². The highest BCUT2D eigenvalue weighted by molar-refractivity contribution is 7.92. The molecule has 0 saturated heterocycles. The largest absolute Gasteiger partial charge is 0.283 e. The van der Waals surface area contributed by atoms with Crippen LogP contribution in [0.4, 0.5) is 11.4 Å². The minimum atomic E-state index is -3.36. The molecule has 0 unspecified atom stereocenters. The van der Waals surface area contributed by atoms with Gasteiger partial charge < -0.3 is 0 Å². The summed E-state index contributed by atoms with van der Waals surface area (Å²) in [5.74, 6) is 0.0312. The number of non-ortho nitro benzene ring substituents is 1. The molecule has 0 bridgehead atoms. The minimum absolute atomic E-state index is 0.0312. The SMILES string of the molecule is CCCS(=O)(=O)Nc1ccc([N+](=O)[O-])cc1C. The van der Waals surface area contributed by atoms with Crippen LogP contribution in [0.1, 0.15) is 18.9 Å². The van der Waals surface area contributed by atoms with E-state index in [-0.39, 0.29) is 11.4 Å². The van der Waals surface area contributed by atoms with Crippen LogP contribution in [0, 0.1) is 17.0 Å². The Hall–Kier alpha value is -1.63. The Morgan fingerprint density at radius 3 is 2.53 bits per heavy atom. The standard InChI is InChI=1S/C10H14N2O4S/c1-3-6-17(15,16)11-10-5-4-9(12(13)14)7-8(10)2/h4-5,7,11H,3,6H2,1-2H3. The van der Waals surface area contributed by atoms with Crippen LogP contribution in [0.5, 0.6) is 0 Å². The molecular weight excluding hydrogens is 244 g/mol. The molecule has 0 aliphatic rings. The molecule has 0 aromatic heterocycles. The van der Waals surface area contributed by atoms with Crippen LogP contribution in [0.3, 0.4) is 0 Å². The number of nitrogens with one attached hydrogen (secondary N) is 1. The van der Waals surface area contributed by atoms with Gasteiger partial charge in [0, 0.05) is 12.1 Å². The molecular formula is C10H14N2O4S. The van der Waals surface area contributed by atoms with Crippen molar-refractivity contribution in [1.82, 2.24) is 0 Å². The first kappa shape index (κ1) is 13.4. The third-order valence-corrected chi connectivity index (χ3v) is 3.64. The predicted molar refractivity (Wildman–Crippen MR) is 65.5 cm³/mol. The summed E-state index contributed by atoms with van der Waals surface area (Å²) < 4.78 is 25.5. The van der Waals surface area contributed by atoms with Gasteiger partial charge in [-0.2, -0.15) is 0 Å². The molecule has 0 aliphatic carbocycles. The first-order chi connectivity index (χ1) is 7.85. The van der Waals surface area contributed by atoms with E-state index >= 15 is 0 Å². The van der Waals surface area contributed by atoms with Crippen LogP contribution in [-0.2, 0) is 10.0 Å². The number of sulfonamides is 1. The Balaban J connectivity index is 2.98. The molecule has 0 aliphatic heterocycles. The molecule has 7 heteroatoms. The monoisotopic (exact) mass is 258 g/mol. The van der Waals surface area contributed by atoms with E-state index in [9.17, 15) is 18.5 Å². The van der Waals surface area contributed by atoms with E-state index in [1.165, 1.54) is 18.2 Å². The van der Waals surface area contributed by atoms with E-state index in [1.54, 1.807) is 13.8 Å². The van der Waals surface area contributed by atoms with Crippen molar-refractivity contribution >= 4 is 21.4 Å². The van der Waals surface area contributed by atoms with Crippen LogP contribution < -0.4 is 4.72 Å². The Bertz CT molecular complexity index is 525. The van der Waals surface area contributed by atoms with Gasteiger partial charge in [-0.15, -0.1) is 0 Å². The second-order valence-electron chi connectivity index (χ2n) is 3.68. The van der Waals surface area contributed by atoms with E-state index in [0.29, 0.717) is 17.7 Å². The Kier molecular flexibility index (Phi) is 4.06. The fraction of sp³-hybridized carbons (Fsp3) is 0.400. The normalized spacial score (nSPS) is 11.2. The van der Waals surface area contributed by atoms with Crippen molar-refractivity contribution in [3.63, 3.8) is 0 Å². The fourth-order valence-corrected chi connectivity index (χ4v) is 2.57. The molecule has 0 fully saturated rings. The number of nitro groups is 1. The highest BCUT2D eigenvalue weighted by atomic mass is 32.2. The number of rotatable bonds is 5. The van der Waals surface area contributed by atoms with Gasteiger partial charge in [-0.3, -0.25) is 14.8 Å². The first-order valence-electron chi connectivity index (χ1n) is 5.11. The fourth-order valence-electron chi connectivity index (χ4n) is 1.36. The Morgan fingerprint density at radius 2 is 2.06 bits per heavy atom. The Morgan fingerprint density at radius 1 is 1.41 bits per heavy atom. The third-order valence-electron chi connectivity index (χ3n) is 2.16. The van der Waals surface area contributed by atoms with Crippen molar-refractivity contribution in [3.05, 3.63) is 33.9 Å². The second-order valence-corrected chi connectivity index (χ2v) is 5.52. The van der Waals surface area contributed by atoms with Crippen LogP contribution in [0.15, 0.2) is 18.2 Å². The van der Waals surface area contributed by atoms with Crippen molar-refractivity contribution in [2.45, 2.75) is 20.3 Å². The van der Waals surface area contributed by atoms with Gasteiger partial charge in [-0.1, -0.05) is 6.92 Å². The summed E-state index contributed by atoms with van der Waals surface area (Å²) in [5, 5.41) is 10.5. The van der Waals surface area contributed by atoms with E-state index in [2.05, 4.69) is 4.72 Å². The highest BCUT2D eigenvalue weighted by Crippen LogP contribution is 2.22. The van der Waals surface area contributed by atoms with Crippen LogP contribution in [0.2, 0.25) is 0 Å². The summed E-state index contributed by atoms with van der Waals surface area (Å²) in [7, 11) is -3.36. The lowest BCUT2D eigenvalue weighted by atomic mass is 10.2. The zero-order valence-electron chi connectivity index (χ0n) is 9.63. The maximum atomic E-state index is 11.5. The van der Waals surface area contributed by atoms with E-state index in [0.717, 1.165) is 0 Å². The van der Waals surface area contributed by atoms with Crippen molar-refractivity contribution in [2.24, 2.45) is 0 Å². The molecule has 1 N–H and O–H groups in total. The third kappa shape index (κ3) is 3.70. The average Bonchev–Trinajstić information content (AvgIpc) is 2.20. The number of aryl methyl sites for hydroxylation is 1. The molecule has 0 spiro atoms. The predicted octanol–water partition coefficient (Wildman–Crippen LogP) is 2.05. The van der Waals surface area contributed by atoms with Crippen molar-refractivity contribution < 1.29 is 13.3 Å².